The van der Waals surface area contributed by atoms with Crippen molar-refractivity contribution in [3.63, 3.8) is 0 Å². The maximum Gasteiger partial charge on any atom is 0.220 e. The second-order valence-electron chi connectivity index (χ2n) is 3.18. The first-order chi connectivity index (χ1) is 6.72. The summed E-state index contributed by atoms with van der Waals surface area (Å²) in [5.41, 5.74) is 5.29. The number of nitrogens with two attached hydrogens (primary N) is 1. The number of rotatable bonds is 5. The van der Waals surface area contributed by atoms with Crippen LogP contribution in [0.25, 0.3) is 0 Å². The van der Waals surface area contributed by atoms with Gasteiger partial charge in [-0.25, -0.2) is 0 Å². The summed E-state index contributed by atoms with van der Waals surface area (Å²) in [6, 6.07) is 3.74. The molecule has 0 radical (unpaired) electrons. The van der Waals surface area contributed by atoms with Gasteiger partial charge in [-0.1, -0.05) is 0 Å². The number of hydrogen-bond acceptors (Lipinski definition) is 3. The summed E-state index contributed by atoms with van der Waals surface area (Å²) in [4.78, 5) is 11.2. The Labute approximate surface area is 83.5 Å². The number of carbonyl (C=O) groups excluding carboxylic acids is 1. The zero-order valence-electron chi connectivity index (χ0n) is 8.38. The van der Waals surface area contributed by atoms with Crippen molar-refractivity contribution in [3.8, 4) is 0 Å². The smallest absolute Gasteiger partial charge is 0.220 e. The molecule has 4 nitrogen and oxygen atoms in total. The predicted molar refractivity (Wildman–Crippen MR) is 53.6 cm³/mol. The van der Waals surface area contributed by atoms with Crippen LogP contribution in [0.2, 0.25) is 0 Å². The molecule has 0 saturated carbocycles. The number of aryl methyl sites for hydroxylation is 1. The van der Waals surface area contributed by atoms with Gasteiger partial charge in [0.25, 0.3) is 0 Å². The van der Waals surface area contributed by atoms with E-state index in [4.69, 9.17) is 10.2 Å². The molecule has 0 saturated heterocycles. The van der Waals surface area contributed by atoms with Crippen LogP contribution in [-0.2, 0) is 11.3 Å². The first-order valence-electron chi connectivity index (χ1n) is 4.74. The van der Waals surface area contributed by atoms with E-state index < -0.39 is 0 Å². The quantitative estimate of drug-likeness (QED) is 0.736. The highest BCUT2D eigenvalue weighted by Crippen LogP contribution is 2.05. The van der Waals surface area contributed by atoms with Crippen LogP contribution in [0.5, 0.6) is 0 Å². The Morgan fingerprint density at radius 2 is 2.36 bits per heavy atom. The molecule has 78 valence electrons. The Kier molecular flexibility index (Phi) is 4.19. The third-order valence-electron chi connectivity index (χ3n) is 1.86. The fourth-order valence-corrected chi connectivity index (χ4v) is 1.12. The van der Waals surface area contributed by atoms with Crippen molar-refractivity contribution < 1.29 is 9.21 Å². The second kappa shape index (κ2) is 5.44. The molecular formula is C10H16N2O2. The molecular weight excluding hydrogens is 180 g/mol. The molecule has 1 aromatic rings. The van der Waals surface area contributed by atoms with Gasteiger partial charge in [0.15, 0.2) is 0 Å². The van der Waals surface area contributed by atoms with Gasteiger partial charge in [0.05, 0.1) is 6.54 Å². The summed E-state index contributed by atoms with van der Waals surface area (Å²) in [5.74, 6) is 1.66. The molecule has 1 amide bonds. The second-order valence-corrected chi connectivity index (χ2v) is 3.18. The SMILES string of the molecule is Cc1ccc(CNC(=O)CCCN)o1. The number of furan rings is 1. The van der Waals surface area contributed by atoms with E-state index >= 15 is 0 Å². The van der Waals surface area contributed by atoms with Crippen molar-refractivity contribution in [2.75, 3.05) is 6.54 Å². The highest BCUT2D eigenvalue weighted by atomic mass is 16.3. The molecule has 0 aliphatic heterocycles. The lowest BCUT2D eigenvalue weighted by Gasteiger charge is -2.01. The minimum atomic E-state index is 0.0181. The molecule has 0 fully saturated rings. The first-order valence-corrected chi connectivity index (χ1v) is 4.74. The van der Waals surface area contributed by atoms with Gasteiger partial charge < -0.3 is 15.5 Å². The predicted octanol–water partition coefficient (Wildman–Crippen LogP) is 0.943. The Balaban J connectivity index is 2.23. The van der Waals surface area contributed by atoms with Crippen LogP contribution < -0.4 is 11.1 Å². The fourth-order valence-electron chi connectivity index (χ4n) is 1.12. The number of amides is 1. The summed E-state index contributed by atoms with van der Waals surface area (Å²) in [6.45, 7) is 2.88. The molecule has 4 heteroatoms. The van der Waals surface area contributed by atoms with Gasteiger partial charge in [-0.2, -0.15) is 0 Å². The molecule has 0 aliphatic rings. The molecule has 0 aliphatic carbocycles. The fraction of sp³-hybridized carbons (Fsp3) is 0.500. The Hall–Kier alpha value is -1.29. The van der Waals surface area contributed by atoms with E-state index in [9.17, 15) is 4.79 Å². The average molecular weight is 196 g/mol. The molecule has 14 heavy (non-hydrogen) atoms. The summed E-state index contributed by atoms with van der Waals surface area (Å²) in [7, 11) is 0. The minimum Gasteiger partial charge on any atom is -0.465 e. The summed E-state index contributed by atoms with van der Waals surface area (Å²) < 4.78 is 5.30. The van der Waals surface area contributed by atoms with Crippen LogP contribution in [0.3, 0.4) is 0 Å². The van der Waals surface area contributed by atoms with Crippen molar-refractivity contribution >= 4 is 5.91 Å². The van der Waals surface area contributed by atoms with Crippen molar-refractivity contribution in [1.29, 1.82) is 0 Å². The average Bonchev–Trinajstić information content (AvgIpc) is 2.58. The van der Waals surface area contributed by atoms with E-state index in [0.717, 1.165) is 17.9 Å². The van der Waals surface area contributed by atoms with Gasteiger partial charge in [-0.3, -0.25) is 4.79 Å². The van der Waals surface area contributed by atoms with Crippen molar-refractivity contribution in [3.05, 3.63) is 23.7 Å². The van der Waals surface area contributed by atoms with E-state index in [1.165, 1.54) is 0 Å². The van der Waals surface area contributed by atoms with Crippen LogP contribution in [0.1, 0.15) is 24.4 Å². The molecule has 0 bridgehead atoms. The van der Waals surface area contributed by atoms with Crippen molar-refractivity contribution in [2.45, 2.75) is 26.3 Å². The molecule has 1 heterocycles. The van der Waals surface area contributed by atoms with Crippen molar-refractivity contribution in [1.82, 2.24) is 5.32 Å². The number of carbonyl (C=O) groups is 1. The van der Waals surface area contributed by atoms with Gasteiger partial charge in [-0.15, -0.1) is 0 Å². The van der Waals surface area contributed by atoms with Crippen LogP contribution in [0.15, 0.2) is 16.5 Å². The number of hydrogen-bond donors (Lipinski definition) is 2. The summed E-state index contributed by atoms with van der Waals surface area (Å²) in [5, 5.41) is 2.76. The first kappa shape index (κ1) is 10.8. The zero-order valence-corrected chi connectivity index (χ0v) is 8.38. The molecule has 1 aromatic heterocycles. The minimum absolute atomic E-state index is 0.0181. The van der Waals surface area contributed by atoms with Gasteiger partial charge >= 0.3 is 0 Å². The molecule has 0 atom stereocenters. The molecule has 0 unspecified atom stereocenters. The third kappa shape index (κ3) is 3.62. The van der Waals surface area contributed by atoms with E-state index in [0.29, 0.717) is 19.5 Å². The van der Waals surface area contributed by atoms with Gasteiger partial charge in [-0.05, 0) is 32.0 Å². The number of nitrogens with one attached hydrogen (secondary N) is 1. The standard InChI is InChI=1S/C10H16N2O2/c1-8-4-5-9(14-8)7-12-10(13)3-2-6-11/h4-5H,2-3,6-7,11H2,1H3,(H,12,13). The third-order valence-corrected chi connectivity index (χ3v) is 1.86. The monoisotopic (exact) mass is 196 g/mol. The van der Waals surface area contributed by atoms with Crippen LogP contribution in [-0.4, -0.2) is 12.5 Å². The van der Waals surface area contributed by atoms with Gasteiger partial charge in [0.2, 0.25) is 5.91 Å². The van der Waals surface area contributed by atoms with E-state index in [1.54, 1.807) is 0 Å². The summed E-state index contributed by atoms with van der Waals surface area (Å²) >= 11 is 0. The van der Waals surface area contributed by atoms with Crippen molar-refractivity contribution in [2.24, 2.45) is 5.73 Å². The van der Waals surface area contributed by atoms with E-state index in [-0.39, 0.29) is 5.91 Å². The lowest BCUT2D eigenvalue weighted by atomic mass is 10.3. The van der Waals surface area contributed by atoms with Crippen LogP contribution in [0, 0.1) is 6.92 Å². The highest BCUT2D eigenvalue weighted by Gasteiger charge is 2.02. The zero-order chi connectivity index (χ0) is 10.4. The van der Waals surface area contributed by atoms with E-state index in [2.05, 4.69) is 5.32 Å². The lowest BCUT2D eigenvalue weighted by Crippen LogP contribution is -2.22. The Bertz CT molecular complexity index is 294. The van der Waals surface area contributed by atoms with Crippen LogP contribution >= 0.6 is 0 Å². The Morgan fingerprint density at radius 1 is 1.57 bits per heavy atom. The largest absolute Gasteiger partial charge is 0.465 e. The Morgan fingerprint density at radius 3 is 2.93 bits per heavy atom. The molecule has 0 aromatic carbocycles. The van der Waals surface area contributed by atoms with Gasteiger partial charge in [0, 0.05) is 6.42 Å². The topological polar surface area (TPSA) is 68.3 Å². The normalized spacial score (nSPS) is 10.1. The summed E-state index contributed by atoms with van der Waals surface area (Å²) in [6.07, 6.45) is 1.21. The highest BCUT2D eigenvalue weighted by molar-refractivity contribution is 5.75. The lowest BCUT2D eigenvalue weighted by molar-refractivity contribution is -0.121. The maximum atomic E-state index is 11.2. The molecule has 0 spiro atoms. The van der Waals surface area contributed by atoms with E-state index in [1.807, 2.05) is 19.1 Å². The molecule has 1 rings (SSSR count). The van der Waals surface area contributed by atoms with Crippen LogP contribution in [0.4, 0.5) is 0 Å². The van der Waals surface area contributed by atoms with Gasteiger partial charge in [0.1, 0.15) is 11.5 Å². The molecule has 3 N–H and O–H groups in total. The maximum absolute atomic E-state index is 11.2.